The van der Waals surface area contributed by atoms with Crippen molar-refractivity contribution in [1.29, 1.82) is 0 Å². The molecule has 0 saturated heterocycles. The molecule has 240 valence electrons. The second-order valence-corrected chi connectivity index (χ2v) is 14.7. The van der Waals surface area contributed by atoms with Gasteiger partial charge in [-0.05, 0) is 66.9 Å². The van der Waals surface area contributed by atoms with Gasteiger partial charge < -0.3 is 25.0 Å². The van der Waals surface area contributed by atoms with E-state index in [-0.39, 0.29) is 36.1 Å². The van der Waals surface area contributed by atoms with Gasteiger partial charge in [0.2, 0.25) is 5.90 Å². The number of amides is 1. The van der Waals surface area contributed by atoms with Gasteiger partial charge in [0.05, 0.1) is 22.9 Å². The van der Waals surface area contributed by atoms with E-state index in [0.29, 0.717) is 42.7 Å². The van der Waals surface area contributed by atoms with Crippen LogP contribution in [0.3, 0.4) is 0 Å². The fourth-order valence-corrected chi connectivity index (χ4v) is 7.48. The highest BCUT2D eigenvalue weighted by Gasteiger charge is 2.54. The third-order valence-electron chi connectivity index (χ3n) is 8.42. The van der Waals surface area contributed by atoms with E-state index in [4.69, 9.17) is 19.6 Å². The number of nitrogens with one attached hydrogen (secondary N) is 1. The number of hydrogen-bond acceptors (Lipinski definition) is 8. The summed E-state index contributed by atoms with van der Waals surface area (Å²) < 4.78 is 40.0. The van der Waals surface area contributed by atoms with Crippen LogP contribution in [0, 0.1) is 0 Å². The summed E-state index contributed by atoms with van der Waals surface area (Å²) in [5.74, 6) is -0.0430. The number of sulfone groups is 1. The molecule has 1 heterocycles. The molecule has 0 unspecified atom stereocenters. The Labute approximate surface area is 272 Å². The smallest absolute Gasteiger partial charge is 0.252 e. The SMILES string of the molecule is O=C(NCC1(O)CCCCC1)[C@]1(CCS(=O)(=O)c2ccccc2)N=C(c2ccc(OCCCO)cc2)O[C@@H]1c1ccc(Br)cc1. The first kappa shape index (κ1) is 33.1. The first-order valence-electron chi connectivity index (χ1n) is 15.3. The molecule has 0 radical (unpaired) electrons. The molecule has 2 atom stereocenters. The van der Waals surface area contributed by atoms with Gasteiger partial charge in [0.15, 0.2) is 21.5 Å². The van der Waals surface area contributed by atoms with Crippen molar-refractivity contribution in [3.8, 4) is 5.75 Å². The van der Waals surface area contributed by atoms with Crippen molar-refractivity contribution in [2.75, 3.05) is 25.5 Å². The Kier molecular flexibility index (Phi) is 10.6. The monoisotopic (exact) mass is 698 g/mol. The molecule has 0 aromatic heterocycles. The summed E-state index contributed by atoms with van der Waals surface area (Å²) in [6, 6.07) is 22.5. The van der Waals surface area contributed by atoms with Crippen LogP contribution in [0.2, 0.25) is 0 Å². The van der Waals surface area contributed by atoms with Crippen LogP contribution in [-0.4, -0.2) is 67.1 Å². The molecule has 9 nitrogen and oxygen atoms in total. The standard InChI is InChI=1S/C34H39BrN2O7S/c35-27-14-10-25(11-15-27)30-34(20-23-45(41,42)29-8-3-1-4-9-29,32(39)36-24-33(40)18-5-2-6-19-33)37-31(44-30)26-12-16-28(17-13-26)43-22-7-21-38/h1,3-4,8-17,30,38,40H,2,5-7,18-24H2,(H,36,39)/t30-,34-/m1/s1. The van der Waals surface area contributed by atoms with Crippen LogP contribution in [-0.2, 0) is 19.4 Å². The predicted octanol–water partition coefficient (Wildman–Crippen LogP) is 5.14. The minimum atomic E-state index is -3.77. The second kappa shape index (κ2) is 14.5. The van der Waals surface area contributed by atoms with Gasteiger partial charge in [-0.25, -0.2) is 13.4 Å². The summed E-state index contributed by atoms with van der Waals surface area (Å²) in [7, 11) is -3.77. The molecule has 3 N–H and O–H groups in total. The van der Waals surface area contributed by atoms with Gasteiger partial charge >= 0.3 is 0 Å². The average molecular weight is 700 g/mol. The van der Waals surface area contributed by atoms with Gasteiger partial charge in [-0.2, -0.15) is 0 Å². The van der Waals surface area contributed by atoms with Crippen LogP contribution in [0.4, 0.5) is 0 Å². The zero-order valence-corrected chi connectivity index (χ0v) is 27.4. The number of rotatable bonds is 13. The normalized spacial score (nSPS) is 21.0. The Morgan fingerprint density at radius 2 is 1.69 bits per heavy atom. The van der Waals surface area contributed by atoms with Crippen molar-refractivity contribution >= 4 is 37.6 Å². The highest BCUT2D eigenvalue weighted by molar-refractivity contribution is 9.10. The number of benzene rings is 3. The second-order valence-electron chi connectivity index (χ2n) is 11.7. The van der Waals surface area contributed by atoms with E-state index in [9.17, 15) is 18.3 Å². The Bertz CT molecular complexity index is 1570. The van der Waals surface area contributed by atoms with Gasteiger partial charge in [-0.15, -0.1) is 0 Å². The van der Waals surface area contributed by atoms with E-state index in [0.717, 1.165) is 23.7 Å². The lowest BCUT2D eigenvalue weighted by atomic mass is 9.83. The fraction of sp³-hybridized carbons (Fsp3) is 0.412. The van der Waals surface area contributed by atoms with Crippen LogP contribution in [0.5, 0.6) is 5.75 Å². The van der Waals surface area contributed by atoms with Crippen LogP contribution in [0.15, 0.2) is 93.2 Å². The lowest BCUT2D eigenvalue weighted by molar-refractivity contribution is -0.130. The summed E-state index contributed by atoms with van der Waals surface area (Å²) >= 11 is 3.47. The molecule has 3 aromatic rings. The van der Waals surface area contributed by atoms with Gasteiger partial charge in [0, 0.05) is 36.0 Å². The van der Waals surface area contributed by atoms with E-state index in [1.54, 1.807) is 42.5 Å². The molecule has 1 amide bonds. The lowest BCUT2D eigenvalue weighted by Crippen LogP contribution is -2.53. The highest BCUT2D eigenvalue weighted by atomic mass is 79.9. The number of aliphatic hydroxyl groups excluding tert-OH is 1. The van der Waals surface area contributed by atoms with Crippen molar-refractivity contribution in [3.05, 3.63) is 94.5 Å². The summed E-state index contributed by atoms with van der Waals surface area (Å²) in [6.07, 6.45) is 3.36. The Morgan fingerprint density at radius 1 is 1.00 bits per heavy atom. The van der Waals surface area contributed by atoms with Crippen molar-refractivity contribution in [2.45, 2.75) is 67.1 Å². The highest BCUT2D eigenvalue weighted by Crippen LogP contribution is 2.43. The number of hydrogen-bond donors (Lipinski definition) is 3. The molecule has 1 aliphatic heterocycles. The molecule has 11 heteroatoms. The number of halogens is 1. The zero-order valence-electron chi connectivity index (χ0n) is 25.0. The Morgan fingerprint density at radius 3 is 2.36 bits per heavy atom. The van der Waals surface area contributed by atoms with Gasteiger partial charge in [-0.1, -0.05) is 65.5 Å². The number of nitrogens with zero attached hydrogens (tertiary/aromatic N) is 1. The molecular weight excluding hydrogens is 660 g/mol. The lowest BCUT2D eigenvalue weighted by Gasteiger charge is -2.35. The maximum atomic E-state index is 14.4. The van der Waals surface area contributed by atoms with Crippen LogP contribution in [0.1, 0.15) is 62.2 Å². The number of carbonyl (C=O) groups is 1. The van der Waals surface area contributed by atoms with Crippen molar-refractivity contribution in [3.63, 3.8) is 0 Å². The first-order valence-corrected chi connectivity index (χ1v) is 17.7. The van der Waals surface area contributed by atoms with Crippen molar-refractivity contribution in [1.82, 2.24) is 5.32 Å². The molecule has 1 aliphatic carbocycles. The molecule has 5 rings (SSSR count). The van der Waals surface area contributed by atoms with Crippen LogP contribution >= 0.6 is 15.9 Å². The predicted molar refractivity (Wildman–Crippen MR) is 175 cm³/mol. The third kappa shape index (κ3) is 7.95. The maximum absolute atomic E-state index is 14.4. The van der Waals surface area contributed by atoms with E-state index in [1.165, 1.54) is 12.1 Å². The van der Waals surface area contributed by atoms with Crippen molar-refractivity contribution < 1.29 is 32.9 Å². The molecule has 1 saturated carbocycles. The summed E-state index contributed by atoms with van der Waals surface area (Å²) in [4.78, 5) is 19.5. The van der Waals surface area contributed by atoms with E-state index in [2.05, 4.69) is 21.2 Å². The molecule has 1 fully saturated rings. The van der Waals surface area contributed by atoms with Gasteiger partial charge in [0.1, 0.15) is 5.75 Å². The summed E-state index contributed by atoms with van der Waals surface area (Å²) in [6.45, 7) is 0.434. The van der Waals surface area contributed by atoms with Gasteiger partial charge in [0.25, 0.3) is 5.91 Å². The number of aliphatic imine (C=N–C) groups is 1. The maximum Gasteiger partial charge on any atom is 0.252 e. The van der Waals surface area contributed by atoms with Crippen molar-refractivity contribution in [2.24, 2.45) is 4.99 Å². The van der Waals surface area contributed by atoms with E-state index in [1.807, 2.05) is 24.3 Å². The summed E-state index contributed by atoms with van der Waals surface area (Å²) in [5.41, 5.74) is -1.43. The molecule has 2 aliphatic rings. The van der Waals surface area contributed by atoms with Crippen LogP contribution < -0.4 is 10.1 Å². The molecular formula is C34H39BrN2O7S. The van der Waals surface area contributed by atoms with Gasteiger partial charge in [-0.3, -0.25) is 4.79 Å². The van der Waals surface area contributed by atoms with Crippen LogP contribution in [0.25, 0.3) is 0 Å². The number of ether oxygens (including phenoxy) is 2. The minimum absolute atomic E-state index is 0.0295. The van der Waals surface area contributed by atoms with E-state index < -0.39 is 33.0 Å². The average Bonchev–Trinajstić information content (AvgIpc) is 3.45. The van der Waals surface area contributed by atoms with E-state index >= 15 is 0 Å². The minimum Gasteiger partial charge on any atom is -0.494 e. The third-order valence-corrected chi connectivity index (χ3v) is 10.7. The zero-order chi connectivity index (χ0) is 31.9. The molecule has 3 aromatic carbocycles. The molecule has 0 spiro atoms. The molecule has 45 heavy (non-hydrogen) atoms. The Hall–Kier alpha value is -3.25. The first-order chi connectivity index (χ1) is 21.6. The largest absolute Gasteiger partial charge is 0.494 e. The Balaban J connectivity index is 1.53. The quantitative estimate of drug-likeness (QED) is 0.211. The number of aliphatic hydroxyl groups is 2. The molecule has 0 bridgehead atoms. The summed E-state index contributed by atoms with van der Waals surface area (Å²) in [5, 5.41) is 23.2. The number of carbonyl (C=O) groups excluding carboxylic acids is 1. The topological polar surface area (TPSA) is 135 Å². The fourth-order valence-electron chi connectivity index (χ4n) is 5.83.